The van der Waals surface area contributed by atoms with E-state index in [-0.39, 0.29) is 13.2 Å². The second-order valence-corrected chi connectivity index (χ2v) is 4.29. The minimum atomic E-state index is -0.786. The number of carbonyl (C=O) groups excluding carboxylic acids is 1. The van der Waals surface area contributed by atoms with E-state index in [2.05, 4.69) is 27.2 Å². The molecular formula is C13H13BrFNO2. The fourth-order valence-electron chi connectivity index (χ4n) is 1.44. The lowest BCUT2D eigenvalue weighted by molar-refractivity contribution is -0.145. The number of terminal acetylenes is 1. The van der Waals surface area contributed by atoms with Gasteiger partial charge in [0, 0.05) is 4.47 Å². The molecule has 0 saturated heterocycles. The Morgan fingerprint density at radius 3 is 3.00 bits per heavy atom. The average Bonchev–Trinajstić information content (AvgIpc) is 2.34. The van der Waals surface area contributed by atoms with Crippen molar-refractivity contribution in [3.05, 3.63) is 34.1 Å². The monoisotopic (exact) mass is 313 g/mol. The molecule has 0 amide bonds. The molecule has 3 nitrogen and oxygen atoms in total. The summed E-state index contributed by atoms with van der Waals surface area (Å²) in [6.45, 7) is 2.14. The molecule has 0 bridgehead atoms. The largest absolute Gasteiger partial charge is 0.465 e. The van der Waals surface area contributed by atoms with Crippen LogP contribution in [0.15, 0.2) is 22.7 Å². The maximum atomic E-state index is 13.2. The molecule has 0 saturated carbocycles. The normalized spacial score (nSPS) is 11.7. The highest BCUT2D eigenvalue weighted by molar-refractivity contribution is 9.10. The first-order valence-corrected chi connectivity index (χ1v) is 6.17. The highest BCUT2D eigenvalue weighted by atomic mass is 79.9. The van der Waals surface area contributed by atoms with Gasteiger partial charge in [0.2, 0.25) is 0 Å². The summed E-state index contributed by atoms with van der Waals surface area (Å²) in [6, 6.07) is 3.33. The van der Waals surface area contributed by atoms with Crippen molar-refractivity contribution in [2.24, 2.45) is 0 Å². The quantitative estimate of drug-likeness (QED) is 0.670. The van der Waals surface area contributed by atoms with Gasteiger partial charge in [-0.1, -0.05) is 21.9 Å². The van der Waals surface area contributed by atoms with Crippen LogP contribution >= 0.6 is 15.9 Å². The number of ether oxygens (including phenoxy) is 1. The number of hydrogen-bond acceptors (Lipinski definition) is 3. The molecule has 1 atom stereocenters. The molecule has 0 aliphatic rings. The summed E-state index contributed by atoms with van der Waals surface area (Å²) in [7, 11) is 0. The standard InChI is InChI=1S/C13H13BrFNO2/c1-3-7-16-12(13(17)18-4-2)10-8-9(15)5-6-11(10)14/h1,5-6,8,12,16H,4,7H2,2H3. The van der Waals surface area contributed by atoms with Gasteiger partial charge in [0.15, 0.2) is 0 Å². The lowest BCUT2D eigenvalue weighted by atomic mass is 10.1. The number of benzene rings is 1. The maximum Gasteiger partial charge on any atom is 0.327 e. The molecule has 0 aliphatic heterocycles. The Morgan fingerprint density at radius 1 is 1.67 bits per heavy atom. The van der Waals surface area contributed by atoms with E-state index >= 15 is 0 Å². The predicted molar refractivity (Wildman–Crippen MR) is 70.3 cm³/mol. The van der Waals surface area contributed by atoms with Gasteiger partial charge in [-0.15, -0.1) is 6.42 Å². The minimum absolute atomic E-state index is 0.187. The van der Waals surface area contributed by atoms with Crippen molar-refractivity contribution in [2.45, 2.75) is 13.0 Å². The molecule has 18 heavy (non-hydrogen) atoms. The van der Waals surface area contributed by atoms with Gasteiger partial charge in [0.1, 0.15) is 11.9 Å². The maximum absolute atomic E-state index is 13.2. The van der Waals surface area contributed by atoms with Gasteiger partial charge in [-0.05, 0) is 30.7 Å². The fraction of sp³-hybridized carbons (Fsp3) is 0.308. The van der Waals surface area contributed by atoms with Crippen LogP contribution in [0.25, 0.3) is 0 Å². The molecule has 1 aromatic carbocycles. The molecule has 0 heterocycles. The van der Waals surface area contributed by atoms with E-state index in [0.717, 1.165) is 0 Å². The molecule has 0 fully saturated rings. The Kier molecular flexibility index (Phi) is 5.83. The summed E-state index contributed by atoms with van der Waals surface area (Å²) in [5.41, 5.74) is 0.462. The topological polar surface area (TPSA) is 38.3 Å². The van der Waals surface area contributed by atoms with Gasteiger partial charge >= 0.3 is 5.97 Å². The lowest BCUT2D eigenvalue weighted by Gasteiger charge is -2.17. The van der Waals surface area contributed by atoms with E-state index in [4.69, 9.17) is 11.2 Å². The Bertz CT molecular complexity index is 471. The van der Waals surface area contributed by atoms with E-state index in [9.17, 15) is 9.18 Å². The van der Waals surface area contributed by atoms with Crippen LogP contribution in [0.4, 0.5) is 4.39 Å². The first-order chi connectivity index (χ1) is 8.60. The third-order valence-electron chi connectivity index (χ3n) is 2.20. The van der Waals surface area contributed by atoms with E-state index in [0.29, 0.717) is 10.0 Å². The summed E-state index contributed by atoms with van der Waals surface area (Å²) in [4.78, 5) is 11.8. The Balaban J connectivity index is 3.04. The van der Waals surface area contributed by atoms with Gasteiger partial charge in [-0.25, -0.2) is 9.18 Å². The second-order valence-electron chi connectivity index (χ2n) is 3.44. The molecule has 0 aliphatic carbocycles. The third kappa shape index (κ3) is 3.83. The zero-order valence-corrected chi connectivity index (χ0v) is 11.5. The van der Waals surface area contributed by atoms with Crippen molar-refractivity contribution in [3.8, 4) is 12.3 Å². The number of nitrogens with one attached hydrogen (secondary N) is 1. The third-order valence-corrected chi connectivity index (χ3v) is 2.92. The minimum Gasteiger partial charge on any atom is -0.465 e. The Hall–Kier alpha value is -1.38. The summed E-state index contributed by atoms with van der Waals surface area (Å²) in [6.07, 6.45) is 5.15. The Labute approximate surface area is 114 Å². The molecular weight excluding hydrogens is 301 g/mol. The number of hydrogen-bond donors (Lipinski definition) is 1. The molecule has 0 spiro atoms. The number of carbonyl (C=O) groups is 1. The van der Waals surface area contributed by atoms with Gasteiger partial charge < -0.3 is 4.74 Å². The first kappa shape index (κ1) is 14.7. The molecule has 0 aromatic heterocycles. The summed E-state index contributed by atoms with van der Waals surface area (Å²) >= 11 is 3.28. The molecule has 5 heteroatoms. The molecule has 1 rings (SSSR count). The predicted octanol–water partition coefficient (Wildman–Crippen LogP) is 2.42. The van der Waals surface area contributed by atoms with Crippen LogP contribution in [0.1, 0.15) is 18.5 Å². The van der Waals surface area contributed by atoms with Crippen molar-refractivity contribution in [1.82, 2.24) is 5.32 Å². The van der Waals surface area contributed by atoms with Crippen molar-refractivity contribution >= 4 is 21.9 Å². The van der Waals surface area contributed by atoms with Crippen molar-refractivity contribution in [1.29, 1.82) is 0 Å². The zero-order chi connectivity index (χ0) is 13.5. The van der Waals surface area contributed by atoms with Crippen LogP contribution in [0.2, 0.25) is 0 Å². The number of halogens is 2. The van der Waals surface area contributed by atoms with E-state index < -0.39 is 17.8 Å². The number of rotatable bonds is 5. The van der Waals surface area contributed by atoms with Crippen LogP contribution in [-0.2, 0) is 9.53 Å². The molecule has 1 N–H and O–H groups in total. The van der Waals surface area contributed by atoms with Gasteiger partial charge in [0.05, 0.1) is 13.2 Å². The fourth-order valence-corrected chi connectivity index (χ4v) is 1.92. The summed E-state index contributed by atoms with van der Waals surface area (Å²) < 4.78 is 18.8. The van der Waals surface area contributed by atoms with E-state index in [1.165, 1.54) is 18.2 Å². The second kappa shape index (κ2) is 7.14. The smallest absolute Gasteiger partial charge is 0.327 e. The first-order valence-electron chi connectivity index (χ1n) is 5.38. The zero-order valence-electron chi connectivity index (χ0n) is 9.87. The van der Waals surface area contributed by atoms with Gasteiger partial charge in [-0.2, -0.15) is 0 Å². The summed E-state index contributed by atoms with van der Waals surface area (Å²) in [5.74, 6) is 1.46. The van der Waals surface area contributed by atoms with Crippen LogP contribution in [-0.4, -0.2) is 19.1 Å². The van der Waals surface area contributed by atoms with Gasteiger partial charge in [0.25, 0.3) is 0 Å². The molecule has 0 radical (unpaired) electrons. The number of esters is 1. The van der Waals surface area contributed by atoms with Crippen molar-refractivity contribution in [3.63, 3.8) is 0 Å². The van der Waals surface area contributed by atoms with Crippen LogP contribution in [0.3, 0.4) is 0 Å². The molecule has 96 valence electrons. The summed E-state index contributed by atoms with van der Waals surface area (Å²) in [5, 5.41) is 2.83. The average molecular weight is 314 g/mol. The van der Waals surface area contributed by atoms with Crippen molar-refractivity contribution < 1.29 is 13.9 Å². The molecule has 1 unspecified atom stereocenters. The van der Waals surface area contributed by atoms with Crippen LogP contribution < -0.4 is 5.32 Å². The van der Waals surface area contributed by atoms with Gasteiger partial charge in [-0.3, -0.25) is 5.32 Å². The molecule has 1 aromatic rings. The highest BCUT2D eigenvalue weighted by Crippen LogP contribution is 2.25. The van der Waals surface area contributed by atoms with E-state index in [1.54, 1.807) is 6.92 Å². The Morgan fingerprint density at radius 2 is 2.39 bits per heavy atom. The lowest BCUT2D eigenvalue weighted by Crippen LogP contribution is -2.31. The van der Waals surface area contributed by atoms with Crippen molar-refractivity contribution in [2.75, 3.05) is 13.2 Å². The van der Waals surface area contributed by atoms with Crippen LogP contribution in [0, 0.1) is 18.2 Å². The highest BCUT2D eigenvalue weighted by Gasteiger charge is 2.23. The van der Waals surface area contributed by atoms with E-state index in [1.807, 2.05) is 0 Å². The van der Waals surface area contributed by atoms with Crippen LogP contribution in [0.5, 0.6) is 0 Å². The SMILES string of the molecule is C#CCNC(C(=O)OCC)c1cc(F)ccc1Br.